The standard InChI is InChI=1S/C22H22O7S2/c23-30(24,25)17-16-21(18-10-4-1-5-11-18)22(29-31(26,27)28,19-12-6-2-7-13-19)20-14-8-3-9-15-20/h1-15,21H,16-17H2,(H,23,24,25)(H,26,27,28). The van der Waals surface area contributed by atoms with Crippen LogP contribution in [0.4, 0.5) is 0 Å². The lowest BCUT2D eigenvalue weighted by Crippen LogP contribution is -2.40. The molecule has 0 aliphatic carbocycles. The highest BCUT2D eigenvalue weighted by molar-refractivity contribution is 7.85. The van der Waals surface area contributed by atoms with Crippen molar-refractivity contribution in [3.05, 3.63) is 108 Å². The Morgan fingerprint density at radius 1 is 0.710 bits per heavy atom. The summed E-state index contributed by atoms with van der Waals surface area (Å²) in [5.41, 5.74) is -0.448. The summed E-state index contributed by atoms with van der Waals surface area (Å²) in [6.45, 7) is 0. The molecule has 0 saturated heterocycles. The van der Waals surface area contributed by atoms with Crippen molar-refractivity contribution < 1.29 is 30.1 Å². The summed E-state index contributed by atoms with van der Waals surface area (Å²) in [6.07, 6.45) is -0.178. The predicted molar refractivity (Wildman–Crippen MR) is 117 cm³/mol. The number of hydrogen-bond acceptors (Lipinski definition) is 5. The van der Waals surface area contributed by atoms with Gasteiger partial charge in [-0.05, 0) is 23.1 Å². The van der Waals surface area contributed by atoms with Crippen LogP contribution < -0.4 is 0 Å². The van der Waals surface area contributed by atoms with Gasteiger partial charge in [0.15, 0.2) is 0 Å². The van der Waals surface area contributed by atoms with Crippen molar-refractivity contribution in [2.24, 2.45) is 0 Å². The molecule has 0 aliphatic heterocycles. The lowest BCUT2D eigenvalue weighted by Gasteiger charge is -2.40. The number of benzene rings is 3. The van der Waals surface area contributed by atoms with E-state index in [0.717, 1.165) is 0 Å². The smallest absolute Gasteiger partial charge is 0.286 e. The molecule has 0 bridgehead atoms. The second-order valence-corrected chi connectivity index (χ2v) is 9.61. The Labute approximate surface area is 182 Å². The summed E-state index contributed by atoms with van der Waals surface area (Å²) in [6, 6.07) is 25.4. The molecule has 0 radical (unpaired) electrons. The Morgan fingerprint density at radius 2 is 1.13 bits per heavy atom. The Morgan fingerprint density at radius 3 is 1.52 bits per heavy atom. The van der Waals surface area contributed by atoms with Crippen LogP contribution in [0, 0.1) is 0 Å². The van der Waals surface area contributed by atoms with Gasteiger partial charge >= 0.3 is 10.4 Å². The first-order chi connectivity index (χ1) is 14.6. The predicted octanol–water partition coefficient (Wildman–Crippen LogP) is 3.81. The Balaban J connectivity index is 2.36. The average molecular weight is 463 g/mol. The van der Waals surface area contributed by atoms with E-state index in [1.54, 1.807) is 91.0 Å². The van der Waals surface area contributed by atoms with E-state index in [1.165, 1.54) is 0 Å². The molecule has 3 aromatic rings. The van der Waals surface area contributed by atoms with E-state index in [0.29, 0.717) is 16.7 Å². The summed E-state index contributed by atoms with van der Waals surface area (Å²) >= 11 is 0. The van der Waals surface area contributed by atoms with E-state index in [4.69, 9.17) is 4.18 Å². The molecule has 1 unspecified atom stereocenters. The van der Waals surface area contributed by atoms with Gasteiger partial charge in [0, 0.05) is 5.92 Å². The van der Waals surface area contributed by atoms with E-state index < -0.39 is 37.8 Å². The fraction of sp³-hybridized carbons (Fsp3) is 0.182. The molecule has 0 amide bonds. The molecule has 164 valence electrons. The van der Waals surface area contributed by atoms with E-state index in [1.807, 2.05) is 0 Å². The summed E-state index contributed by atoms with van der Waals surface area (Å²) < 4.78 is 72.0. The summed E-state index contributed by atoms with van der Waals surface area (Å²) in [4.78, 5) is 0. The van der Waals surface area contributed by atoms with Crippen molar-refractivity contribution >= 4 is 20.5 Å². The van der Waals surface area contributed by atoms with Crippen molar-refractivity contribution in [3.8, 4) is 0 Å². The van der Waals surface area contributed by atoms with Crippen molar-refractivity contribution in [1.29, 1.82) is 0 Å². The van der Waals surface area contributed by atoms with Crippen LogP contribution >= 0.6 is 0 Å². The number of rotatable bonds is 9. The first-order valence-corrected chi connectivity index (χ1v) is 12.4. The van der Waals surface area contributed by atoms with Gasteiger partial charge in [-0.1, -0.05) is 91.0 Å². The van der Waals surface area contributed by atoms with Crippen LogP contribution in [0.2, 0.25) is 0 Å². The van der Waals surface area contributed by atoms with Crippen LogP contribution in [-0.4, -0.2) is 31.7 Å². The molecule has 3 rings (SSSR count). The Bertz CT molecular complexity index is 1150. The third-order valence-electron chi connectivity index (χ3n) is 5.00. The van der Waals surface area contributed by atoms with Crippen LogP contribution in [-0.2, 0) is 30.3 Å². The highest BCUT2D eigenvalue weighted by atomic mass is 32.3. The molecule has 0 aliphatic rings. The zero-order valence-corrected chi connectivity index (χ0v) is 18.0. The van der Waals surface area contributed by atoms with Gasteiger partial charge in [-0.25, -0.2) is 4.18 Å². The Hall–Kier alpha value is -2.56. The van der Waals surface area contributed by atoms with Crippen LogP contribution in [0.15, 0.2) is 91.0 Å². The second-order valence-electron chi connectivity index (χ2n) is 7.02. The van der Waals surface area contributed by atoms with Gasteiger partial charge in [0.05, 0.1) is 5.75 Å². The third-order valence-corrected chi connectivity index (χ3v) is 6.22. The topological polar surface area (TPSA) is 118 Å². The molecule has 7 nitrogen and oxygen atoms in total. The van der Waals surface area contributed by atoms with E-state index in [2.05, 4.69) is 0 Å². The number of hydrogen-bond donors (Lipinski definition) is 2. The third kappa shape index (κ3) is 5.78. The zero-order chi connectivity index (χ0) is 22.5. The molecule has 1 atom stereocenters. The quantitative estimate of drug-likeness (QED) is 0.464. The average Bonchev–Trinajstić information content (AvgIpc) is 2.73. The fourth-order valence-corrected chi connectivity index (χ4v) is 4.99. The molecule has 0 heterocycles. The maximum absolute atomic E-state index is 12.1. The first-order valence-electron chi connectivity index (χ1n) is 9.41. The normalized spacial score (nSPS) is 13.6. The lowest BCUT2D eigenvalue weighted by atomic mass is 9.72. The molecular formula is C22H22O7S2. The van der Waals surface area contributed by atoms with Gasteiger partial charge in [0.2, 0.25) is 0 Å². The van der Waals surface area contributed by atoms with Crippen molar-refractivity contribution in [1.82, 2.24) is 0 Å². The molecule has 2 N–H and O–H groups in total. The van der Waals surface area contributed by atoms with E-state index in [-0.39, 0.29) is 6.42 Å². The van der Waals surface area contributed by atoms with Crippen LogP contribution in [0.3, 0.4) is 0 Å². The monoisotopic (exact) mass is 462 g/mol. The second kappa shape index (κ2) is 9.29. The maximum atomic E-state index is 12.1. The van der Waals surface area contributed by atoms with Crippen LogP contribution in [0.25, 0.3) is 0 Å². The minimum Gasteiger partial charge on any atom is -0.286 e. The van der Waals surface area contributed by atoms with Crippen molar-refractivity contribution in [2.75, 3.05) is 5.75 Å². The molecule has 3 aromatic carbocycles. The molecule has 0 spiro atoms. The fourth-order valence-electron chi connectivity index (χ4n) is 3.82. The van der Waals surface area contributed by atoms with Gasteiger partial charge in [0.25, 0.3) is 10.1 Å². The van der Waals surface area contributed by atoms with Gasteiger partial charge in [-0.3, -0.25) is 9.11 Å². The van der Waals surface area contributed by atoms with E-state index in [9.17, 15) is 25.9 Å². The van der Waals surface area contributed by atoms with Crippen LogP contribution in [0.5, 0.6) is 0 Å². The zero-order valence-electron chi connectivity index (χ0n) is 16.4. The molecule has 0 aromatic heterocycles. The van der Waals surface area contributed by atoms with Crippen molar-refractivity contribution in [3.63, 3.8) is 0 Å². The van der Waals surface area contributed by atoms with Crippen molar-refractivity contribution in [2.45, 2.75) is 17.9 Å². The largest absolute Gasteiger partial charge is 0.398 e. The molecule has 0 saturated carbocycles. The first kappa shape index (κ1) is 23.1. The molecule has 9 heteroatoms. The highest BCUT2D eigenvalue weighted by Gasteiger charge is 2.47. The lowest BCUT2D eigenvalue weighted by molar-refractivity contribution is 0.0687. The molecule has 31 heavy (non-hydrogen) atoms. The van der Waals surface area contributed by atoms with E-state index >= 15 is 0 Å². The Kier molecular flexibility index (Phi) is 6.93. The van der Waals surface area contributed by atoms with Gasteiger partial charge < -0.3 is 0 Å². The minimum atomic E-state index is -5.00. The SMILES string of the molecule is O=S(=O)(O)CCC(c1ccccc1)C(OS(=O)(=O)O)(c1ccccc1)c1ccccc1. The summed E-state index contributed by atoms with van der Waals surface area (Å²) in [5, 5.41) is 0. The highest BCUT2D eigenvalue weighted by Crippen LogP contribution is 2.48. The summed E-state index contributed by atoms with van der Waals surface area (Å²) in [7, 11) is -9.36. The molecule has 0 fully saturated rings. The maximum Gasteiger partial charge on any atom is 0.398 e. The molecular weight excluding hydrogens is 440 g/mol. The minimum absolute atomic E-state index is 0.178. The van der Waals surface area contributed by atoms with Gasteiger partial charge in [-0.2, -0.15) is 16.8 Å². The van der Waals surface area contributed by atoms with Gasteiger partial charge in [0.1, 0.15) is 5.60 Å². The summed E-state index contributed by atoms with van der Waals surface area (Å²) in [5.74, 6) is -1.54. The van der Waals surface area contributed by atoms with Gasteiger partial charge in [-0.15, -0.1) is 0 Å². The van der Waals surface area contributed by atoms with Crippen LogP contribution in [0.1, 0.15) is 29.0 Å².